The molecule has 0 spiro atoms. The molecule has 2 heterocycles. The Morgan fingerprint density at radius 2 is 2.18 bits per heavy atom. The van der Waals surface area contributed by atoms with Gasteiger partial charge < -0.3 is 10.1 Å². The minimum absolute atomic E-state index is 0.0803. The summed E-state index contributed by atoms with van der Waals surface area (Å²) in [5.41, 5.74) is 0.0803. The molecule has 1 N–H and O–H groups in total. The highest BCUT2D eigenvalue weighted by Gasteiger charge is 2.37. The van der Waals surface area contributed by atoms with Crippen LogP contribution in [0.25, 0.3) is 0 Å². The van der Waals surface area contributed by atoms with E-state index in [1.54, 1.807) is 7.11 Å². The zero-order chi connectivity index (χ0) is 12.5. The highest BCUT2D eigenvalue weighted by molar-refractivity contribution is 7.91. The molecule has 3 atom stereocenters. The van der Waals surface area contributed by atoms with Crippen LogP contribution in [-0.2, 0) is 14.6 Å². The SMILES string of the molecule is COCC1(C)CC(CC2CCS(=O)(=O)C2)CN1. The first kappa shape index (κ1) is 13.3. The summed E-state index contributed by atoms with van der Waals surface area (Å²) in [5.74, 6) is 1.79. The van der Waals surface area contributed by atoms with Crippen LogP contribution in [0.5, 0.6) is 0 Å². The maximum atomic E-state index is 11.4. The van der Waals surface area contributed by atoms with Crippen molar-refractivity contribution in [3.8, 4) is 0 Å². The van der Waals surface area contributed by atoms with E-state index < -0.39 is 9.84 Å². The van der Waals surface area contributed by atoms with E-state index in [9.17, 15) is 8.42 Å². The van der Waals surface area contributed by atoms with Gasteiger partial charge in [0, 0.05) is 12.6 Å². The third-order valence-electron chi connectivity index (χ3n) is 4.01. The van der Waals surface area contributed by atoms with E-state index in [-0.39, 0.29) is 5.54 Å². The van der Waals surface area contributed by atoms with E-state index in [4.69, 9.17) is 4.74 Å². The Bertz CT molecular complexity index is 368. The smallest absolute Gasteiger partial charge is 0.150 e. The lowest BCUT2D eigenvalue weighted by atomic mass is 9.88. The van der Waals surface area contributed by atoms with Crippen LogP contribution in [0.4, 0.5) is 0 Å². The molecule has 0 radical (unpaired) electrons. The lowest BCUT2D eigenvalue weighted by Gasteiger charge is -2.23. The molecule has 17 heavy (non-hydrogen) atoms. The van der Waals surface area contributed by atoms with Gasteiger partial charge in [-0.05, 0) is 44.6 Å². The first-order valence-electron chi connectivity index (χ1n) is 6.37. The lowest BCUT2D eigenvalue weighted by molar-refractivity contribution is 0.127. The summed E-state index contributed by atoms with van der Waals surface area (Å²) in [5, 5.41) is 3.50. The first-order chi connectivity index (χ1) is 7.92. The standard InChI is InChI=1S/C12H23NO3S/c1-12(9-16-2)6-11(7-13-12)5-10-3-4-17(14,15)8-10/h10-11,13H,3-9H2,1-2H3. The second-order valence-electron chi connectivity index (χ2n) is 5.95. The van der Waals surface area contributed by atoms with Crippen molar-refractivity contribution in [2.45, 2.75) is 31.7 Å². The second kappa shape index (κ2) is 4.86. The molecule has 0 aromatic rings. The molecule has 0 aromatic carbocycles. The number of ether oxygens (including phenoxy) is 1. The van der Waals surface area contributed by atoms with Gasteiger partial charge in [-0.1, -0.05) is 0 Å². The number of hydrogen-bond acceptors (Lipinski definition) is 4. The summed E-state index contributed by atoms with van der Waals surface area (Å²) >= 11 is 0. The Morgan fingerprint density at radius 3 is 2.76 bits per heavy atom. The summed E-state index contributed by atoms with van der Waals surface area (Å²) in [6.07, 6.45) is 3.00. The number of rotatable bonds is 4. The molecule has 0 amide bonds. The largest absolute Gasteiger partial charge is 0.383 e. The summed E-state index contributed by atoms with van der Waals surface area (Å²) in [4.78, 5) is 0. The molecular formula is C12H23NO3S. The molecule has 2 fully saturated rings. The zero-order valence-electron chi connectivity index (χ0n) is 10.7. The Morgan fingerprint density at radius 1 is 1.41 bits per heavy atom. The number of sulfone groups is 1. The predicted octanol–water partition coefficient (Wildman–Crippen LogP) is 0.826. The lowest BCUT2D eigenvalue weighted by Crippen LogP contribution is -2.40. The fourth-order valence-electron chi connectivity index (χ4n) is 3.30. The molecule has 2 aliphatic heterocycles. The van der Waals surface area contributed by atoms with Crippen molar-refractivity contribution in [3.05, 3.63) is 0 Å². The molecule has 0 bridgehead atoms. The fraction of sp³-hybridized carbons (Fsp3) is 1.00. The van der Waals surface area contributed by atoms with E-state index >= 15 is 0 Å². The van der Waals surface area contributed by atoms with Crippen LogP contribution in [0.2, 0.25) is 0 Å². The molecule has 2 aliphatic rings. The normalized spacial score (nSPS) is 40.8. The Kier molecular flexibility index (Phi) is 3.80. The van der Waals surface area contributed by atoms with Gasteiger partial charge in [0.05, 0.1) is 18.1 Å². The molecule has 3 unspecified atom stereocenters. The molecule has 0 aliphatic carbocycles. The Labute approximate surface area is 104 Å². The molecular weight excluding hydrogens is 238 g/mol. The van der Waals surface area contributed by atoms with Gasteiger partial charge in [0.15, 0.2) is 9.84 Å². The average molecular weight is 261 g/mol. The van der Waals surface area contributed by atoms with Crippen molar-refractivity contribution in [2.24, 2.45) is 11.8 Å². The quantitative estimate of drug-likeness (QED) is 0.814. The molecule has 2 saturated heterocycles. The van der Waals surface area contributed by atoms with Crippen LogP contribution in [0, 0.1) is 11.8 Å². The summed E-state index contributed by atoms with van der Waals surface area (Å²) in [6, 6.07) is 0. The second-order valence-corrected chi connectivity index (χ2v) is 8.18. The Hall–Kier alpha value is -0.130. The summed E-state index contributed by atoms with van der Waals surface area (Å²) in [6.45, 7) is 3.91. The summed E-state index contributed by atoms with van der Waals surface area (Å²) < 4.78 is 28.0. The third-order valence-corrected chi connectivity index (χ3v) is 5.85. The number of methoxy groups -OCH3 is 1. The van der Waals surface area contributed by atoms with Crippen LogP contribution in [0.1, 0.15) is 26.2 Å². The third kappa shape index (κ3) is 3.42. The van der Waals surface area contributed by atoms with Crippen molar-refractivity contribution in [3.63, 3.8) is 0 Å². The van der Waals surface area contributed by atoms with Gasteiger partial charge in [-0.3, -0.25) is 0 Å². The monoisotopic (exact) mass is 261 g/mol. The van der Waals surface area contributed by atoms with E-state index in [0.717, 1.165) is 32.4 Å². The molecule has 0 saturated carbocycles. The zero-order valence-corrected chi connectivity index (χ0v) is 11.6. The molecule has 5 heteroatoms. The van der Waals surface area contributed by atoms with Gasteiger partial charge in [-0.2, -0.15) is 0 Å². The van der Waals surface area contributed by atoms with Crippen LogP contribution >= 0.6 is 0 Å². The topological polar surface area (TPSA) is 55.4 Å². The predicted molar refractivity (Wildman–Crippen MR) is 67.8 cm³/mol. The van der Waals surface area contributed by atoms with Gasteiger partial charge in [0.1, 0.15) is 0 Å². The maximum Gasteiger partial charge on any atom is 0.150 e. The van der Waals surface area contributed by atoms with Gasteiger partial charge in [0.2, 0.25) is 0 Å². The fourth-order valence-corrected chi connectivity index (χ4v) is 5.18. The summed E-state index contributed by atoms with van der Waals surface area (Å²) in [7, 11) is -0.995. The van der Waals surface area contributed by atoms with Crippen molar-refractivity contribution >= 4 is 9.84 Å². The number of hydrogen-bond donors (Lipinski definition) is 1. The average Bonchev–Trinajstić information content (AvgIpc) is 2.72. The number of nitrogens with one attached hydrogen (secondary N) is 1. The van der Waals surface area contributed by atoms with E-state index in [1.807, 2.05) is 0 Å². The molecule has 4 nitrogen and oxygen atoms in total. The highest BCUT2D eigenvalue weighted by Crippen LogP contribution is 2.32. The van der Waals surface area contributed by atoms with Crippen LogP contribution < -0.4 is 5.32 Å². The van der Waals surface area contributed by atoms with Gasteiger partial charge in [0.25, 0.3) is 0 Å². The molecule has 2 rings (SSSR count). The minimum atomic E-state index is -2.72. The van der Waals surface area contributed by atoms with Gasteiger partial charge in [-0.25, -0.2) is 8.42 Å². The van der Waals surface area contributed by atoms with E-state index in [1.165, 1.54) is 0 Å². The Balaban J connectivity index is 1.82. The van der Waals surface area contributed by atoms with Gasteiger partial charge in [-0.15, -0.1) is 0 Å². The minimum Gasteiger partial charge on any atom is -0.383 e. The maximum absolute atomic E-state index is 11.4. The van der Waals surface area contributed by atoms with Crippen LogP contribution in [0.15, 0.2) is 0 Å². The molecule has 100 valence electrons. The van der Waals surface area contributed by atoms with Crippen LogP contribution in [-0.4, -0.2) is 45.7 Å². The van der Waals surface area contributed by atoms with Crippen molar-refractivity contribution < 1.29 is 13.2 Å². The van der Waals surface area contributed by atoms with E-state index in [0.29, 0.717) is 23.3 Å². The highest BCUT2D eigenvalue weighted by atomic mass is 32.2. The molecule has 0 aromatic heterocycles. The van der Waals surface area contributed by atoms with E-state index in [2.05, 4.69) is 12.2 Å². The van der Waals surface area contributed by atoms with Gasteiger partial charge >= 0.3 is 0 Å². The van der Waals surface area contributed by atoms with Crippen molar-refractivity contribution in [2.75, 3.05) is 31.8 Å². The van der Waals surface area contributed by atoms with Crippen molar-refractivity contribution in [1.82, 2.24) is 5.32 Å². The van der Waals surface area contributed by atoms with Crippen molar-refractivity contribution in [1.29, 1.82) is 0 Å². The van der Waals surface area contributed by atoms with Crippen LogP contribution in [0.3, 0.4) is 0 Å². The first-order valence-corrected chi connectivity index (χ1v) is 8.19.